The first kappa shape index (κ1) is 16.2. The Bertz CT molecular complexity index is 391. The third-order valence-corrected chi connectivity index (χ3v) is 6.08. The van der Waals surface area contributed by atoms with Gasteiger partial charge in [0.25, 0.3) is 0 Å². The predicted octanol–water partition coefficient (Wildman–Crippen LogP) is 0.513. The minimum Gasteiger partial charge on any atom is -0.381 e. The van der Waals surface area contributed by atoms with E-state index >= 15 is 0 Å². The number of rotatable bonds is 5. The van der Waals surface area contributed by atoms with Crippen molar-refractivity contribution in [3.63, 3.8) is 0 Å². The van der Waals surface area contributed by atoms with E-state index < -0.39 is 9.84 Å². The normalized spacial score (nSPS) is 31.9. The van der Waals surface area contributed by atoms with Crippen molar-refractivity contribution in [2.45, 2.75) is 26.2 Å². The maximum absolute atomic E-state index is 11.7. The van der Waals surface area contributed by atoms with Crippen molar-refractivity contribution in [1.29, 1.82) is 0 Å². The van der Waals surface area contributed by atoms with E-state index in [0.29, 0.717) is 18.1 Å². The Morgan fingerprint density at radius 3 is 2.80 bits per heavy atom. The van der Waals surface area contributed by atoms with Gasteiger partial charge in [-0.25, -0.2) is 8.42 Å². The molecule has 5 nitrogen and oxygen atoms in total. The second-order valence-corrected chi connectivity index (χ2v) is 8.52. The van der Waals surface area contributed by atoms with E-state index in [-0.39, 0.29) is 5.41 Å². The Morgan fingerprint density at radius 1 is 1.25 bits per heavy atom. The lowest BCUT2D eigenvalue weighted by Crippen LogP contribution is -2.49. The zero-order valence-electron chi connectivity index (χ0n) is 12.6. The monoisotopic (exact) mass is 304 g/mol. The van der Waals surface area contributed by atoms with Gasteiger partial charge >= 0.3 is 0 Å². The molecule has 118 valence electrons. The minimum atomic E-state index is -2.82. The zero-order valence-corrected chi connectivity index (χ0v) is 13.4. The van der Waals surface area contributed by atoms with Gasteiger partial charge in [-0.05, 0) is 32.4 Å². The third-order valence-electron chi connectivity index (χ3n) is 4.36. The van der Waals surface area contributed by atoms with Gasteiger partial charge in [0.05, 0.1) is 18.1 Å². The molecule has 0 radical (unpaired) electrons. The second-order valence-electron chi connectivity index (χ2n) is 6.22. The Balaban J connectivity index is 1.96. The number of nitrogens with one attached hydrogen (secondary N) is 1. The molecule has 0 spiro atoms. The number of hydrogen-bond donors (Lipinski definition) is 1. The lowest BCUT2D eigenvalue weighted by Gasteiger charge is -2.40. The molecule has 0 aromatic carbocycles. The average Bonchev–Trinajstić information content (AvgIpc) is 2.59. The first-order valence-electron chi connectivity index (χ1n) is 7.77. The standard InChI is InChI=1S/C14H28N2O3S/c1-2-15-11-14(5-3-8-19-13-14)12-16-6-4-9-20(17,18)10-7-16/h15H,2-13H2,1H3. The fourth-order valence-electron chi connectivity index (χ4n) is 3.24. The van der Waals surface area contributed by atoms with Gasteiger partial charge < -0.3 is 15.0 Å². The summed E-state index contributed by atoms with van der Waals surface area (Å²) < 4.78 is 29.1. The van der Waals surface area contributed by atoms with Crippen LogP contribution in [-0.2, 0) is 14.6 Å². The molecule has 2 rings (SSSR count). The van der Waals surface area contributed by atoms with Crippen LogP contribution in [0.1, 0.15) is 26.2 Å². The van der Waals surface area contributed by atoms with Crippen LogP contribution >= 0.6 is 0 Å². The van der Waals surface area contributed by atoms with Crippen LogP contribution in [0.4, 0.5) is 0 Å². The molecule has 20 heavy (non-hydrogen) atoms. The fourth-order valence-corrected chi connectivity index (χ4v) is 4.55. The van der Waals surface area contributed by atoms with Gasteiger partial charge in [-0.2, -0.15) is 0 Å². The molecule has 0 saturated carbocycles. The van der Waals surface area contributed by atoms with Gasteiger partial charge in [-0.3, -0.25) is 0 Å². The first-order chi connectivity index (χ1) is 9.55. The summed E-state index contributed by atoms with van der Waals surface area (Å²) in [5, 5.41) is 3.46. The van der Waals surface area contributed by atoms with Crippen LogP contribution in [0.3, 0.4) is 0 Å². The molecule has 0 aromatic rings. The molecule has 0 aliphatic carbocycles. The Labute approximate surface area is 123 Å². The van der Waals surface area contributed by atoms with Crippen LogP contribution in [-0.4, -0.2) is 70.8 Å². The van der Waals surface area contributed by atoms with Gasteiger partial charge in [0.2, 0.25) is 0 Å². The highest BCUT2D eigenvalue weighted by molar-refractivity contribution is 7.91. The molecular weight excluding hydrogens is 276 g/mol. The molecule has 2 saturated heterocycles. The molecule has 2 heterocycles. The van der Waals surface area contributed by atoms with Gasteiger partial charge in [0.15, 0.2) is 9.84 Å². The summed E-state index contributed by atoms with van der Waals surface area (Å²) in [7, 11) is -2.82. The quantitative estimate of drug-likeness (QED) is 0.802. The van der Waals surface area contributed by atoms with Crippen LogP contribution in [0.25, 0.3) is 0 Å². The van der Waals surface area contributed by atoms with Crippen molar-refractivity contribution in [1.82, 2.24) is 10.2 Å². The summed E-state index contributed by atoms with van der Waals surface area (Å²) >= 11 is 0. The summed E-state index contributed by atoms with van der Waals surface area (Å²) in [6.07, 6.45) is 3.04. The molecule has 2 aliphatic rings. The number of hydrogen-bond acceptors (Lipinski definition) is 5. The molecule has 2 fully saturated rings. The lowest BCUT2D eigenvalue weighted by molar-refractivity contribution is -0.0249. The largest absolute Gasteiger partial charge is 0.381 e. The fraction of sp³-hybridized carbons (Fsp3) is 1.00. The van der Waals surface area contributed by atoms with Crippen LogP contribution in [0, 0.1) is 5.41 Å². The molecule has 0 bridgehead atoms. The van der Waals surface area contributed by atoms with Crippen molar-refractivity contribution >= 4 is 9.84 Å². The van der Waals surface area contributed by atoms with E-state index in [4.69, 9.17) is 4.74 Å². The van der Waals surface area contributed by atoms with Gasteiger partial charge in [0, 0.05) is 31.7 Å². The smallest absolute Gasteiger partial charge is 0.151 e. The maximum Gasteiger partial charge on any atom is 0.151 e. The second kappa shape index (κ2) is 7.20. The Morgan fingerprint density at radius 2 is 2.10 bits per heavy atom. The maximum atomic E-state index is 11.7. The van der Waals surface area contributed by atoms with Gasteiger partial charge in [0.1, 0.15) is 0 Å². The summed E-state index contributed by atoms with van der Waals surface area (Å²) in [5.74, 6) is 0.658. The molecular formula is C14H28N2O3S. The highest BCUT2D eigenvalue weighted by Crippen LogP contribution is 2.29. The van der Waals surface area contributed by atoms with Crippen LogP contribution in [0.5, 0.6) is 0 Å². The minimum absolute atomic E-state index is 0.155. The lowest BCUT2D eigenvalue weighted by atomic mass is 9.81. The summed E-state index contributed by atoms with van der Waals surface area (Å²) in [6.45, 7) is 8.24. The van der Waals surface area contributed by atoms with Crippen LogP contribution in [0.15, 0.2) is 0 Å². The molecule has 6 heteroatoms. The number of nitrogens with zero attached hydrogens (tertiary/aromatic N) is 1. The SMILES string of the molecule is CCNCC1(CN2CCCS(=O)(=O)CC2)CCCOC1. The van der Waals surface area contributed by atoms with Crippen LogP contribution in [0.2, 0.25) is 0 Å². The molecule has 0 amide bonds. The van der Waals surface area contributed by atoms with Crippen molar-refractivity contribution in [2.75, 3.05) is 57.4 Å². The average molecular weight is 304 g/mol. The van der Waals surface area contributed by atoms with Gasteiger partial charge in [-0.1, -0.05) is 6.92 Å². The predicted molar refractivity (Wildman–Crippen MR) is 80.7 cm³/mol. The van der Waals surface area contributed by atoms with Crippen molar-refractivity contribution in [3.8, 4) is 0 Å². The number of ether oxygens (including phenoxy) is 1. The molecule has 2 aliphatic heterocycles. The molecule has 1 atom stereocenters. The van der Waals surface area contributed by atoms with E-state index in [9.17, 15) is 8.42 Å². The van der Waals surface area contributed by atoms with E-state index in [1.54, 1.807) is 0 Å². The van der Waals surface area contributed by atoms with E-state index in [0.717, 1.165) is 52.2 Å². The third kappa shape index (κ3) is 4.69. The molecule has 1 N–H and O–H groups in total. The van der Waals surface area contributed by atoms with Crippen molar-refractivity contribution in [2.24, 2.45) is 5.41 Å². The first-order valence-corrected chi connectivity index (χ1v) is 9.59. The van der Waals surface area contributed by atoms with E-state index in [1.807, 2.05) is 0 Å². The van der Waals surface area contributed by atoms with Crippen LogP contribution < -0.4 is 5.32 Å². The molecule has 1 unspecified atom stereocenters. The Kier molecular flexibility index (Phi) is 5.84. The Hall–Kier alpha value is -0.170. The van der Waals surface area contributed by atoms with Gasteiger partial charge in [-0.15, -0.1) is 0 Å². The number of sulfone groups is 1. The van der Waals surface area contributed by atoms with E-state index in [1.165, 1.54) is 6.42 Å². The van der Waals surface area contributed by atoms with E-state index in [2.05, 4.69) is 17.1 Å². The summed E-state index contributed by atoms with van der Waals surface area (Å²) in [6, 6.07) is 0. The highest BCUT2D eigenvalue weighted by atomic mass is 32.2. The summed E-state index contributed by atoms with van der Waals surface area (Å²) in [5.41, 5.74) is 0.155. The van der Waals surface area contributed by atoms with Crippen molar-refractivity contribution < 1.29 is 13.2 Å². The summed E-state index contributed by atoms with van der Waals surface area (Å²) in [4.78, 5) is 2.33. The molecule has 0 aromatic heterocycles. The topological polar surface area (TPSA) is 58.6 Å². The van der Waals surface area contributed by atoms with Crippen molar-refractivity contribution in [3.05, 3.63) is 0 Å². The zero-order chi connectivity index (χ0) is 14.5. The highest BCUT2D eigenvalue weighted by Gasteiger charge is 2.35.